The molecule has 0 aromatic heterocycles. The molecule has 112 valence electrons. The van der Waals surface area contributed by atoms with Gasteiger partial charge in [-0.25, -0.2) is 0 Å². The summed E-state index contributed by atoms with van der Waals surface area (Å²) in [5, 5.41) is 3.03. The molecular formula is C17H22N2O2. The number of carbonyl (C=O) groups excluding carboxylic acids is 2. The van der Waals surface area contributed by atoms with Crippen molar-refractivity contribution in [2.75, 3.05) is 6.54 Å². The molecule has 3 rings (SSSR count). The van der Waals surface area contributed by atoms with E-state index in [4.69, 9.17) is 0 Å². The average Bonchev–Trinajstić information content (AvgIpc) is 2.62. The highest BCUT2D eigenvalue weighted by Gasteiger charge is 2.44. The van der Waals surface area contributed by atoms with Crippen LogP contribution in [0.3, 0.4) is 0 Å². The predicted molar refractivity (Wildman–Crippen MR) is 80.4 cm³/mol. The number of hydrogen-bond donors (Lipinski definition) is 1. The van der Waals surface area contributed by atoms with Gasteiger partial charge in [0.15, 0.2) is 0 Å². The Kier molecular flexibility index (Phi) is 3.95. The van der Waals surface area contributed by atoms with Gasteiger partial charge in [-0.05, 0) is 18.4 Å². The molecule has 4 nitrogen and oxygen atoms in total. The van der Waals surface area contributed by atoms with Crippen LogP contribution in [0.25, 0.3) is 0 Å². The summed E-state index contributed by atoms with van der Waals surface area (Å²) < 4.78 is 0. The van der Waals surface area contributed by atoms with Crippen molar-refractivity contribution in [1.82, 2.24) is 10.2 Å². The standard InChI is InChI=1S/C17H22N2O2/c20-15-9-12-19(13-14-7-3-1-4-8-14)16(21)17(18-15)10-5-2-6-11-17/h1,3-4,7-8H,2,5-6,9-13H2,(H,18,20). The van der Waals surface area contributed by atoms with E-state index in [0.717, 1.165) is 37.7 Å². The molecule has 1 saturated carbocycles. The third-order valence-corrected chi connectivity index (χ3v) is 4.61. The van der Waals surface area contributed by atoms with E-state index in [2.05, 4.69) is 5.32 Å². The lowest BCUT2D eigenvalue weighted by molar-refractivity contribution is -0.140. The molecule has 2 aliphatic rings. The van der Waals surface area contributed by atoms with E-state index in [9.17, 15) is 9.59 Å². The largest absolute Gasteiger partial charge is 0.342 e. The molecule has 2 amide bonds. The third-order valence-electron chi connectivity index (χ3n) is 4.61. The van der Waals surface area contributed by atoms with Crippen LogP contribution in [-0.2, 0) is 16.1 Å². The molecule has 2 fully saturated rings. The fraction of sp³-hybridized carbons (Fsp3) is 0.529. The van der Waals surface area contributed by atoms with Gasteiger partial charge >= 0.3 is 0 Å². The monoisotopic (exact) mass is 286 g/mol. The fourth-order valence-electron chi connectivity index (χ4n) is 3.47. The molecule has 1 aromatic carbocycles. The van der Waals surface area contributed by atoms with Gasteiger partial charge in [0.05, 0.1) is 0 Å². The Morgan fingerprint density at radius 2 is 1.76 bits per heavy atom. The van der Waals surface area contributed by atoms with Crippen LogP contribution in [0.1, 0.15) is 44.1 Å². The quantitative estimate of drug-likeness (QED) is 0.906. The van der Waals surface area contributed by atoms with Gasteiger partial charge in [0.25, 0.3) is 0 Å². The first kappa shape index (κ1) is 14.1. The summed E-state index contributed by atoms with van der Waals surface area (Å²) in [7, 11) is 0. The van der Waals surface area contributed by atoms with Gasteiger partial charge in [0, 0.05) is 19.5 Å². The lowest BCUT2D eigenvalue weighted by Crippen LogP contribution is -2.57. The Hall–Kier alpha value is -1.84. The van der Waals surface area contributed by atoms with E-state index in [0.29, 0.717) is 19.5 Å². The lowest BCUT2D eigenvalue weighted by atomic mass is 9.80. The molecule has 0 atom stereocenters. The zero-order valence-electron chi connectivity index (χ0n) is 12.3. The zero-order chi connectivity index (χ0) is 14.7. The zero-order valence-corrected chi connectivity index (χ0v) is 12.3. The summed E-state index contributed by atoms with van der Waals surface area (Å²) in [4.78, 5) is 26.9. The Labute approximate surface area is 125 Å². The minimum atomic E-state index is -0.638. The SMILES string of the molecule is O=C1CCN(Cc2ccccc2)C(=O)C2(CCCCC2)N1. The number of benzene rings is 1. The van der Waals surface area contributed by atoms with Crippen molar-refractivity contribution in [1.29, 1.82) is 0 Å². The first-order valence-electron chi connectivity index (χ1n) is 7.84. The van der Waals surface area contributed by atoms with Crippen LogP contribution >= 0.6 is 0 Å². The van der Waals surface area contributed by atoms with Crippen molar-refractivity contribution in [3.63, 3.8) is 0 Å². The van der Waals surface area contributed by atoms with Gasteiger partial charge in [-0.3, -0.25) is 9.59 Å². The molecule has 1 aliphatic heterocycles. The maximum absolute atomic E-state index is 13.0. The van der Waals surface area contributed by atoms with E-state index < -0.39 is 5.54 Å². The second kappa shape index (κ2) is 5.88. The van der Waals surface area contributed by atoms with Crippen LogP contribution in [0.15, 0.2) is 30.3 Å². The van der Waals surface area contributed by atoms with Crippen molar-refractivity contribution in [3.05, 3.63) is 35.9 Å². The summed E-state index contributed by atoms with van der Waals surface area (Å²) in [6.45, 7) is 1.11. The summed E-state index contributed by atoms with van der Waals surface area (Å²) >= 11 is 0. The molecular weight excluding hydrogens is 264 g/mol. The molecule has 1 spiro atoms. The summed E-state index contributed by atoms with van der Waals surface area (Å²) in [5.74, 6) is 0.123. The molecule has 0 bridgehead atoms. The van der Waals surface area contributed by atoms with Gasteiger partial charge in [-0.2, -0.15) is 0 Å². The number of rotatable bonds is 2. The second-order valence-corrected chi connectivity index (χ2v) is 6.15. The molecule has 4 heteroatoms. The van der Waals surface area contributed by atoms with Crippen molar-refractivity contribution in [2.24, 2.45) is 0 Å². The smallest absolute Gasteiger partial charge is 0.248 e. The number of amides is 2. The van der Waals surface area contributed by atoms with Gasteiger partial charge < -0.3 is 10.2 Å². The minimum absolute atomic E-state index is 0.0146. The first-order chi connectivity index (χ1) is 10.2. The lowest BCUT2D eigenvalue weighted by Gasteiger charge is -2.38. The maximum Gasteiger partial charge on any atom is 0.248 e. The summed E-state index contributed by atoms with van der Waals surface area (Å²) in [6.07, 6.45) is 5.16. The van der Waals surface area contributed by atoms with Gasteiger partial charge in [0.1, 0.15) is 5.54 Å². The Morgan fingerprint density at radius 3 is 2.48 bits per heavy atom. The Bertz CT molecular complexity index is 521. The van der Waals surface area contributed by atoms with E-state index in [1.807, 2.05) is 35.2 Å². The van der Waals surface area contributed by atoms with Crippen molar-refractivity contribution in [2.45, 2.75) is 50.6 Å². The minimum Gasteiger partial charge on any atom is -0.342 e. The molecule has 0 radical (unpaired) electrons. The maximum atomic E-state index is 13.0. The van der Waals surface area contributed by atoms with Gasteiger partial charge in [-0.15, -0.1) is 0 Å². The number of hydrogen-bond acceptors (Lipinski definition) is 2. The molecule has 1 heterocycles. The fourth-order valence-corrected chi connectivity index (χ4v) is 3.47. The van der Waals surface area contributed by atoms with E-state index in [-0.39, 0.29) is 11.8 Å². The topological polar surface area (TPSA) is 49.4 Å². The number of carbonyl (C=O) groups is 2. The Balaban J connectivity index is 1.83. The van der Waals surface area contributed by atoms with Crippen molar-refractivity contribution in [3.8, 4) is 0 Å². The van der Waals surface area contributed by atoms with Crippen LogP contribution in [0, 0.1) is 0 Å². The average molecular weight is 286 g/mol. The van der Waals surface area contributed by atoms with Crippen LogP contribution in [0.4, 0.5) is 0 Å². The number of nitrogens with one attached hydrogen (secondary N) is 1. The van der Waals surface area contributed by atoms with Crippen LogP contribution in [0.5, 0.6) is 0 Å². The molecule has 21 heavy (non-hydrogen) atoms. The van der Waals surface area contributed by atoms with Crippen molar-refractivity contribution < 1.29 is 9.59 Å². The van der Waals surface area contributed by atoms with Gasteiger partial charge in [0.2, 0.25) is 11.8 Å². The molecule has 1 aromatic rings. The van der Waals surface area contributed by atoms with Crippen LogP contribution < -0.4 is 5.32 Å². The normalized spacial score (nSPS) is 22.0. The molecule has 1 saturated heterocycles. The van der Waals surface area contributed by atoms with E-state index >= 15 is 0 Å². The highest BCUT2D eigenvalue weighted by atomic mass is 16.2. The third kappa shape index (κ3) is 2.94. The van der Waals surface area contributed by atoms with E-state index in [1.54, 1.807) is 0 Å². The molecule has 0 unspecified atom stereocenters. The summed E-state index contributed by atoms with van der Waals surface area (Å²) in [6, 6.07) is 10.00. The summed E-state index contributed by atoms with van der Waals surface area (Å²) in [5.41, 5.74) is 0.479. The van der Waals surface area contributed by atoms with Gasteiger partial charge in [-0.1, -0.05) is 49.6 Å². The van der Waals surface area contributed by atoms with Crippen LogP contribution in [0.2, 0.25) is 0 Å². The Morgan fingerprint density at radius 1 is 1.05 bits per heavy atom. The predicted octanol–water partition coefficient (Wildman–Crippen LogP) is 2.24. The molecule has 1 N–H and O–H groups in total. The highest BCUT2D eigenvalue weighted by Crippen LogP contribution is 2.32. The number of nitrogens with zero attached hydrogens (tertiary/aromatic N) is 1. The second-order valence-electron chi connectivity index (χ2n) is 6.15. The highest BCUT2D eigenvalue weighted by molar-refractivity contribution is 5.93. The van der Waals surface area contributed by atoms with Crippen molar-refractivity contribution >= 4 is 11.8 Å². The molecule has 1 aliphatic carbocycles. The van der Waals surface area contributed by atoms with E-state index in [1.165, 1.54) is 0 Å². The van der Waals surface area contributed by atoms with Crippen LogP contribution in [-0.4, -0.2) is 28.8 Å². The first-order valence-corrected chi connectivity index (χ1v) is 7.84.